The van der Waals surface area contributed by atoms with Crippen molar-refractivity contribution in [3.8, 4) is 0 Å². The van der Waals surface area contributed by atoms with Crippen LogP contribution in [-0.4, -0.2) is 13.1 Å². The lowest BCUT2D eigenvalue weighted by Gasteiger charge is -2.24. The summed E-state index contributed by atoms with van der Waals surface area (Å²) < 4.78 is 0. The van der Waals surface area contributed by atoms with E-state index < -0.39 is 0 Å². The van der Waals surface area contributed by atoms with E-state index in [1.54, 1.807) is 5.56 Å². The molecule has 0 atom stereocenters. The average molecular weight is 346 g/mol. The summed E-state index contributed by atoms with van der Waals surface area (Å²) in [5, 5.41) is 0. The minimum Gasteiger partial charge on any atom is -0.372 e. The second kappa shape index (κ2) is 15.3. The van der Waals surface area contributed by atoms with Crippen LogP contribution < -0.4 is 4.90 Å². The zero-order chi connectivity index (χ0) is 18.2. The zero-order valence-corrected chi connectivity index (χ0v) is 17.4. The molecule has 0 aliphatic rings. The minimum atomic E-state index is 1.10. The fraction of sp³-hybridized carbons (Fsp3) is 0.750. The number of benzene rings is 1. The van der Waals surface area contributed by atoms with E-state index in [1.165, 1.54) is 89.2 Å². The molecule has 0 bridgehead atoms. The van der Waals surface area contributed by atoms with Gasteiger partial charge in [-0.15, -0.1) is 0 Å². The van der Waals surface area contributed by atoms with Gasteiger partial charge in [0.25, 0.3) is 0 Å². The first-order chi connectivity index (χ1) is 12.3. The van der Waals surface area contributed by atoms with E-state index in [1.807, 2.05) is 0 Å². The molecule has 0 saturated carbocycles. The monoisotopic (exact) mass is 345 g/mol. The lowest BCUT2D eigenvalue weighted by Crippen LogP contribution is -2.23. The maximum atomic E-state index is 2.48. The Hall–Kier alpha value is -0.980. The molecule has 144 valence electrons. The first-order valence-electron chi connectivity index (χ1n) is 11.2. The predicted octanol–water partition coefficient (Wildman–Crippen LogP) is 7.78. The van der Waals surface area contributed by atoms with Crippen LogP contribution in [-0.2, 0) is 6.42 Å². The Kier molecular flexibility index (Phi) is 13.5. The molecule has 0 aromatic heterocycles. The van der Waals surface area contributed by atoms with Crippen molar-refractivity contribution < 1.29 is 0 Å². The number of rotatable bonds is 16. The summed E-state index contributed by atoms with van der Waals surface area (Å²) >= 11 is 0. The highest BCUT2D eigenvalue weighted by Crippen LogP contribution is 2.22. The van der Waals surface area contributed by atoms with Crippen molar-refractivity contribution in [2.24, 2.45) is 0 Å². The van der Waals surface area contributed by atoms with Crippen LogP contribution in [0.5, 0.6) is 0 Å². The highest BCUT2D eigenvalue weighted by atomic mass is 15.1. The van der Waals surface area contributed by atoms with Crippen molar-refractivity contribution in [2.45, 2.75) is 104 Å². The Morgan fingerprint density at radius 3 is 1.60 bits per heavy atom. The van der Waals surface area contributed by atoms with Gasteiger partial charge in [0, 0.05) is 18.8 Å². The van der Waals surface area contributed by atoms with Crippen LogP contribution in [0.2, 0.25) is 0 Å². The van der Waals surface area contributed by atoms with Crippen LogP contribution in [0.1, 0.15) is 103 Å². The Morgan fingerprint density at radius 1 is 0.600 bits per heavy atom. The van der Waals surface area contributed by atoms with Crippen LogP contribution in [0, 0.1) is 0 Å². The van der Waals surface area contributed by atoms with Gasteiger partial charge >= 0.3 is 0 Å². The molecule has 1 aromatic carbocycles. The summed E-state index contributed by atoms with van der Waals surface area (Å²) in [5.74, 6) is 0. The molecule has 0 fully saturated rings. The molecule has 0 N–H and O–H groups in total. The van der Waals surface area contributed by atoms with E-state index in [9.17, 15) is 0 Å². The molecule has 1 rings (SSSR count). The van der Waals surface area contributed by atoms with Gasteiger partial charge in [0.1, 0.15) is 0 Å². The van der Waals surface area contributed by atoms with Gasteiger partial charge in [0.05, 0.1) is 0 Å². The third-order valence-corrected chi connectivity index (χ3v) is 5.40. The third-order valence-electron chi connectivity index (χ3n) is 5.40. The van der Waals surface area contributed by atoms with Crippen molar-refractivity contribution in [3.63, 3.8) is 0 Å². The zero-order valence-electron chi connectivity index (χ0n) is 17.4. The molecule has 0 aliphatic heterocycles. The molecule has 25 heavy (non-hydrogen) atoms. The number of para-hydroxylation sites is 1. The van der Waals surface area contributed by atoms with Crippen molar-refractivity contribution >= 4 is 5.69 Å². The smallest absolute Gasteiger partial charge is 0.0398 e. The summed E-state index contributed by atoms with van der Waals surface area (Å²) in [4.78, 5) is 2.48. The Bertz CT molecular complexity index is 408. The molecule has 0 heterocycles. The Balaban J connectivity index is 2.07. The van der Waals surface area contributed by atoms with Gasteiger partial charge in [-0.05, 0) is 38.3 Å². The fourth-order valence-corrected chi connectivity index (χ4v) is 3.75. The van der Waals surface area contributed by atoms with Gasteiger partial charge in [-0.3, -0.25) is 0 Å². The summed E-state index contributed by atoms with van der Waals surface area (Å²) in [5.41, 5.74) is 2.99. The quantitative estimate of drug-likeness (QED) is 0.276. The van der Waals surface area contributed by atoms with E-state index in [0.717, 1.165) is 13.1 Å². The molecule has 1 heteroatoms. The summed E-state index contributed by atoms with van der Waals surface area (Å²) in [6, 6.07) is 9.00. The second-order valence-electron chi connectivity index (χ2n) is 7.44. The molecule has 1 nitrogen and oxygen atoms in total. The molecule has 0 spiro atoms. The number of unbranched alkanes of at least 4 members (excludes halogenated alkanes) is 11. The SMILES string of the molecule is CCCCCCCCCCCCCCc1ccccc1N(CC)CC. The average Bonchev–Trinajstić information content (AvgIpc) is 2.64. The molecule has 0 saturated heterocycles. The predicted molar refractivity (Wildman–Crippen MR) is 115 cm³/mol. The van der Waals surface area contributed by atoms with E-state index >= 15 is 0 Å². The molecule has 0 unspecified atom stereocenters. The van der Waals surface area contributed by atoms with Crippen LogP contribution >= 0.6 is 0 Å². The van der Waals surface area contributed by atoms with Gasteiger partial charge in [-0.2, -0.15) is 0 Å². The van der Waals surface area contributed by atoms with Crippen molar-refractivity contribution in [1.82, 2.24) is 0 Å². The van der Waals surface area contributed by atoms with E-state index in [-0.39, 0.29) is 0 Å². The van der Waals surface area contributed by atoms with E-state index in [4.69, 9.17) is 0 Å². The lowest BCUT2D eigenvalue weighted by molar-refractivity contribution is 0.544. The van der Waals surface area contributed by atoms with Gasteiger partial charge in [-0.1, -0.05) is 95.8 Å². The van der Waals surface area contributed by atoms with Crippen LogP contribution in [0.25, 0.3) is 0 Å². The highest BCUT2D eigenvalue weighted by molar-refractivity contribution is 5.53. The van der Waals surface area contributed by atoms with Crippen LogP contribution in [0.4, 0.5) is 5.69 Å². The van der Waals surface area contributed by atoms with Gasteiger partial charge in [0.15, 0.2) is 0 Å². The van der Waals surface area contributed by atoms with Gasteiger partial charge in [0.2, 0.25) is 0 Å². The van der Waals surface area contributed by atoms with Crippen molar-refractivity contribution in [3.05, 3.63) is 29.8 Å². The largest absolute Gasteiger partial charge is 0.372 e. The highest BCUT2D eigenvalue weighted by Gasteiger charge is 2.07. The molecule has 0 radical (unpaired) electrons. The molecular formula is C24H43N. The third kappa shape index (κ3) is 9.92. The maximum absolute atomic E-state index is 2.48. The number of hydrogen-bond donors (Lipinski definition) is 0. The van der Waals surface area contributed by atoms with Gasteiger partial charge < -0.3 is 4.90 Å². The minimum absolute atomic E-state index is 1.10. The molecule has 0 amide bonds. The van der Waals surface area contributed by atoms with Crippen molar-refractivity contribution in [2.75, 3.05) is 18.0 Å². The van der Waals surface area contributed by atoms with Crippen molar-refractivity contribution in [1.29, 1.82) is 0 Å². The fourth-order valence-electron chi connectivity index (χ4n) is 3.75. The first-order valence-corrected chi connectivity index (χ1v) is 11.2. The molecular weight excluding hydrogens is 302 g/mol. The topological polar surface area (TPSA) is 3.24 Å². The summed E-state index contributed by atoms with van der Waals surface area (Å²) in [6.45, 7) is 9.01. The first kappa shape index (κ1) is 22.1. The van der Waals surface area contributed by atoms with E-state index in [0.29, 0.717) is 0 Å². The number of anilines is 1. The Labute approximate surface area is 158 Å². The second-order valence-corrected chi connectivity index (χ2v) is 7.44. The summed E-state index contributed by atoms with van der Waals surface area (Å²) in [6.07, 6.45) is 18.4. The summed E-state index contributed by atoms with van der Waals surface area (Å²) in [7, 11) is 0. The lowest BCUT2D eigenvalue weighted by atomic mass is 10.0. The van der Waals surface area contributed by atoms with Crippen LogP contribution in [0.3, 0.4) is 0 Å². The number of hydrogen-bond acceptors (Lipinski definition) is 1. The molecule has 1 aromatic rings. The number of nitrogens with zero attached hydrogens (tertiary/aromatic N) is 1. The Morgan fingerprint density at radius 2 is 1.08 bits per heavy atom. The normalized spacial score (nSPS) is 11.0. The maximum Gasteiger partial charge on any atom is 0.0398 e. The number of aryl methyl sites for hydroxylation is 1. The standard InChI is InChI=1S/C24H43N/c1-4-7-8-9-10-11-12-13-14-15-16-17-20-23-21-18-19-22-24(23)25(5-2)6-3/h18-19,21-22H,4-17,20H2,1-3H3. The van der Waals surface area contributed by atoms with Crippen LogP contribution in [0.15, 0.2) is 24.3 Å². The van der Waals surface area contributed by atoms with Gasteiger partial charge in [-0.25, -0.2) is 0 Å². The molecule has 0 aliphatic carbocycles. The van der Waals surface area contributed by atoms with E-state index in [2.05, 4.69) is 49.9 Å².